The number of H-pyrrole nitrogens is 1. The van der Waals surface area contributed by atoms with Crippen molar-refractivity contribution >= 4 is 17.3 Å². The summed E-state index contributed by atoms with van der Waals surface area (Å²) in [6.45, 7) is 0. The molecule has 11 heteroatoms. The van der Waals surface area contributed by atoms with Crippen molar-refractivity contribution in [2.75, 3.05) is 0 Å². The first-order chi connectivity index (χ1) is 11.4. The molecule has 0 unspecified atom stereocenters. The van der Waals surface area contributed by atoms with E-state index in [1.165, 1.54) is 12.3 Å². The zero-order chi connectivity index (χ0) is 17.4. The Hall–Kier alpha value is -3.40. The summed E-state index contributed by atoms with van der Waals surface area (Å²) in [5.74, 6) is -1.77. The van der Waals surface area contributed by atoms with Crippen LogP contribution in [0.3, 0.4) is 0 Å². The highest BCUT2D eigenvalue weighted by atomic mass is 35.5. The molecule has 0 bridgehead atoms. The lowest BCUT2D eigenvalue weighted by Crippen LogP contribution is -2.06. The number of aromatic amines is 1. The van der Waals surface area contributed by atoms with Crippen LogP contribution in [0.5, 0.6) is 11.5 Å². The average molecular weight is 351 g/mol. The van der Waals surface area contributed by atoms with Gasteiger partial charge >= 0.3 is 5.69 Å². The van der Waals surface area contributed by atoms with Crippen LogP contribution in [0, 0.1) is 10.1 Å². The zero-order valence-electron chi connectivity index (χ0n) is 11.6. The van der Waals surface area contributed by atoms with Crippen molar-refractivity contribution in [2.24, 2.45) is 0 Å². The summed E-state index contributed by atoms with van der Waals surface area (Å²) >= 11 is 5.87. The van der Waals surface area contributed by atoms with E-state index in [2.05, 4.69) is 15.1 Å². The van der Waals surface area contributed by atoms with Gasteiger partial charge < -0.3 is 19.7 Å². The maximum atomic E-state index is 11.5. The predicted octanol–water partition coefficient (Wildman–Crippen LogP) is 2.06. The number of nitrogens with one attached hydrogen (secondary N) is 1. The highest BCUT2D eigenvalue weighted by Crippen LogP contribution is 2.39. The Morgan fingerprint density at radius 3 is 2.79 bits per heavy atom. The summed E-state index contributed by atoms with van der Waals surface area (Å²) in [5, 5.41) is 33.4. The van der Waals surface area contributed by atoms with Gasteiger partial charge in [0.2, 0.25) is 11.6 Å². The average Bonchev–Trinajstić information content (AvgIpc) is 3.02. The summed E-state index contributed by atoms with van der Waals surface area (Å²) in [7, 11) is 0. The molecule has 0 aliphatic carbocycles. The van der Waals surface area contributed by atoms with Gasteiger partial charge in [-0.3, -0.25) is 14.9 Å². The molecule has 2 aromatic heterocycles. The molecule has 0 saturated carbocycles. The first kappa shape index (κ1) is 15.5. The Labute approximate surface area is 137 Å². The summed E-state index contributed by atoms with van der Waals surface area (Å²) in [5.41, 5.74) is -1.05. The van der Waals surface area contributed by atoms with Gasteiger partial charge in [-0.25, -0.2) is 0 Å². The number of aromatic hydroxyl groups is 2. The van der Waals surface area contributed by atoms with Crippen molar-refractivity contribution in [2.45, 2.75) is 0 Å². The van der Waals surface area contributed by atoms with Gasteiger partial charge in [-0.1, -0.05) is 16.8 Å². The standard InChI is InChI=1S/C13H7ClN4O6/c14-9-6(1-2-15-12(9)21)11-16-13(24-17-11)5-3-7(18(22)23)10(20)8(19)4-5/h1-4,19-20H,(H,15,21). The maximum absolute atomic E-state index is 11.5. The molecule has 3 N–H and O–H groups in total. The third-order valence-electron chi connectivity index (χ3n) is 3.08. The largest absolute Gasteiger partial charge is 0.504 e. The van der Waals surface area contributed by atoms with E-state index in [9.17, 15) is 25.1 Å². The van der Waals surface area contributed by atoms with E-state index in [1.54, 1.807) is 0 Å². The van der Waals surface area contributed by atoms with E-state index in [-0.39, 0.29) is 27.9 Å². The van der Waals surface area contributed by atoms with Gasteiger partial charge in [0, 0.05) is 17.8 Å². The Bertz CT molecular complexity index is 1010. The molecule has 0 saturated heterocycles. The van der Waals surface area contributed by atoms with E-state index < -0.39 is 27.7 Å². The Balaban J connectivity index is 2.10. The smallest absolute Gasteiger partial charge is 0.315 e. The van der Waals surface area contributed by atoms with Crippen LogP contribution in [-0.4, -0.2) is 30.3 Å². The molecule has 0 radical (unpaired) electrons. The van der Waals surface area contributed by atoms with Crippen LogP contribution in [0.2, 0.25) is 5.02 Å². The minimum atomic E-state index is -0.874. The number of nitrogens with zero attached hydrogens (tertiary/aromatic N) is 3. The number of nitro benzene ring substituents is 1. The van der Waals surface area contributed by atoms with Crippen molar-refractivity contribution in [3.8, 4) is 34.3 Å². The van der Waals surface area contributed by atoms with Crippen molar-refractivity contribution < 1.29 is 19.7 Å². The normalized spacial score (nSPS) is 10.7. The summed E-state index contributed by atoms with van der Waals surface area (Å²) < 4.78 is 4.98. The van der Waals surface area contributed by atoms with E-state index in [0.717, 1.165) is 12.1 Å². The van der Waals surface area contributed by atoms with Gasteiger partial charge in [0.1, 0.15) is 5.02 Å². The number of phenols is 2. The molecule has 2 heterocycles. The molecule has 1 aromatic carbocycles. The fourth-order valence-electron chi connectivity index (χ4n) is 1.95. The lowest BCUT2D eigenvalue weighted by molar-refractivity contribution is -0.385. The van der Waals surface area contributed by atoms with Gasteiger partial charge in [0.25, 0.3) is 11.4 Å². The molecule has 0 aliphatic rings. The number of phenolic OH excluding ortho intramolecular Hbond substituents is 2. The second-order valence-electron chi connectivity index (χ2n) is 4.58. The Kier molecular flexibility index (Phi) is 3.66. The van der Waals surface area contributed by atoms with Gasteiger partial charge in [-0.05, 0) is 12.1 Å². The molecule has 0 fully saturated rings. The summed E-state index contributed by atoms with van der Waals surface area (Å²) in [6, 6.07) is 3.44. The number of aromatic nitrogens is 3. The second-order valence-corrected chi connectivity index (χ2v) is 4.96. The van der Waals surface area contributed by atoms with E-state index >= 15 is 0 Å². The number of hydrogen-bond donors (Lipinski definition) is 3. The fourth-order valence-corrected chi connectivity index (χ4v) is 2.15. The fraction of sp³-hybridized carbons (Fsp3) is 0. The van der Waals surface area contributed by atoms with Crippen LogP contribution in [-0.2, 0) is 0 Å². The predicted molar refractivity (Wildman–Crippen MR) is 80.8 cm³/mol. The molecule has 24 heavy (non-hydrogen) atoms. The lowest BCUT2D eigenvalue weighted by Gasteiger charge is -2.01. The van der Waals surface area contributed by atoms with Crippen molar-refractivity contribution in [1.29, 1.82) is 0 Å². The van der Waals surface area contributed by atoms with Crippen LogP contribution >= 0.6 is 11.6 Å². The molecular weight excluding hydrogens is 344 g/mol. The lowest BCUT2D eigenvalue weighted by atomic mass is 10.1. The molecule has 3 aromatic rings. The molecule has 10 nitrogen and oxygen atoms in total. The number of benzene rings is 1. The van der Waals surface area contributed by atoms with E-state index in [1.807, 2.05) is 0 Å². The monoisotopic (exact) mass is 350 g/mol. The molecule has 0 aliphatic heterocycles. The zero-order valence-corrected chi connectivity index (χ0v) is 12.3. The first-order valence-electron chi connectivity index (χ1n) is 6.30. The number of rotatable bonds is 3. The molecular formula is C13H7ClN4O6. The van der Waals surface area contributed by atoms with Crippen LogP contribution in [0.1, 0.15) is 0 Å². The van der Waals surface area contributed by atoms with Gasteiger partial charge in [0.15, 0.2) is 5.75 Å². The highest BCUT2D eigenvalue weighted by molar-refractivity contribution is 6.32. The molecule has 122 valence electrons. The second kappa shape index (κ2) is 5.66. The van der Waals surface area contributed by atoms with Crippen molar-refractivity contribution in [3.05, 3.63) is 49.9 Å². The number of nitro groups is 1. The van der Waals surface area contributed by atoms with Gasteiger partial charge in [-0.15, -0.1) is 0 Å². The third-order valence-corrected chi connectivity index (χ3v) is 3.46. The number of pyridine rings is 1. The quantitative estimate of drug-likeness (QED) is 0.368. The minimum Gasteiger partial charge on any atom is -0.504 e. The SMILES string of the molecule is O=c1[nH]ccc(-c2noc(-c3cc(O)c(O)c([N+](=O)[O-])c3)n2)c1Cl. The molecule has 0 amide bonds. The van der Waals surface area contributed by atoms with Crippen molar-refractivity contribution in [1.82, 2.24) is 15.1 Å². The summed E-state index contributed by atoms with van der Waals surface area (Å²) in [4.78, 5) is 27.9. The van der Waals surface area contributed by atoms with Crippen LogP contribution in [0.25, 0.3) is 22.8 Å². The maximum Gasteiger partial charge on any atom is 0.315 e. The molecule has 0 atom stereocenters. The van der Waals surface area contributed by atoms with E-state index in [4.69, 9.17) is 16.1 Å². The Morgan fingerprint density at radius 1 is 1.33 bits per heavy atom. The van der Waals surface area contributed by atoms with Gasteiger partial charge in [0.05, 0.1) is 10.5 Å². The van der Waals surface area contributed by atoms with Crippen LogP contribution in [0.15, 0.2) is 33.7 Å². The highest BCUT2D eigenvalue weighted by Gasteiger charge is 2.22. The Morgan fingerprint density at radius 2 is 2.08 bits per heavy atom. The molecule has 3 rings (SSSR count). The number of hydrogen-bond acceptors (Lipinski definition) is 8. The third kappa shape index (κ3) is 2.54. The van der Waals surface area contributed by atoms with Crippen LogP contribution < -0.4 is 5.56 Å². The molecule has 0 spiro atoms. The minimum absolute atomic E-state index is 0.0108. The van der Waals surface area contributed by atoms with Gasteiger partial charge in [-0.2, -0.15) is 4.98 Å². The topological polar surface area (TPSA) is 155 Å². The van der Waals surface area contributed by atoms with E-state index in [0.29, 0.717) is 0 Å². The summed E-state index contributed by atoms with van der Waals surface area (Å²) in [6.07, 6.45) is 1.34. The first-order valence-corrected chi connectivity index (χ1v) is 6.68. The van der Waals surface area contributed by atoms with Crippen LogP contribution in [0.4, 0.5) is 5.69 Å². The van der Waals surface area contributed by atoms with Crippen molar-refractivity contribution in [3.63, 3.8) is 0 Å². The number of halogens is 1.